The van der Waals surface area contributed by atoms with Crippen molar-refractivity contribution in [2.75, 3.05) is 30.0 Å². The number of aromatic nitrogens is 1. The van der Waals surface area contributed by atoms with Crippen molar-refractivity contribution in [2.45, 2.75) is 29.8 Å². The van der Waals surface area contributed by atoms with E-state index in [1.165, 1.54) is 11.8 Å². The van der Waals surface area contributed by atoms with E-state index in [-0.39, 0.29) is 18.0 Å². The number of fused-ring (bicyclic) bond motifs is 1. The molecule has 8 heteroatoms. The first-order valence-electron chi connectivity index (χ1n) is 10.6. The molecule has 168 valence electrons. The molecule has 0 saturated heterocycles. The largest absolute Gasteiger partial charge is 0.380 e. The van der Waals surface area contributed by atoms with Crippen LogP contribution >= 0.6 is 11.6 Å². The van der Waals surface area contributed by atoms with E-state index in [4.69, 9.17) is 11.6 Å². The minimum atomic E-state index is -3.19. The van der Waals surface area contributed by atoms with Gasteiger partial charge < -0.3 is 16.0 Å². The van der Waals surface area contributed by atoms with Crippen molar-refractivity contribution in [3.05, 3.63) is 83.0 Å². The molecule has 2 heterocycles. The SMILES string of the molecule is C[C@@H](CN[C@H](c1ccccc1)[C@H]1CNc2cc(Cl)cnc2N1)c1ccc(S(C)(=O)=O)cc1. The van der Waals surface area contributed by atoms with Crippen LogP contribution in [0.4, 0.5) is 11.5 Å². The number of benzene rings is 2. The Kier molecular flexibility index (Phi) is 6.69. The van der Waals surface area contributed by atoms with Gasteiger partial charge in [-0.1, -0.05) is 61.0 Å². The van der Waals surface area contributed by atoms with E-state index in [1.54, 1.807) is 18.3 Å². The molecule has 2 aromatic carbocycles. The third-order valence-electron chi connectivity index (χ3n) is 5.77. The van der Waals surface area contributed by atoms with E-state index < -0.39 is 9.84 Å². The fourth-order valence-electron chi connectivity index (χ4n) is 3.95. The average molecular weight is 471 g/mol. The third kappa shape index (κ3) is 5.23. The Hall–Kier alpha value is -2.61. The molecule has 1 aliphatic heterocycles. The van der Waals surface area contributed by atoms with E-state index in [0.717, 1.165) is 30.2 Å². The molecule has 0 saturated carbocycles. The number of pyridine rings is 1. The maximum atomic E-state index is 11.7. The van der Waals surface area contributed by atoms with Crippen LogP contribution in [-0.4, -0.2) is 38.8 Å². The van der Waals surface area contributed by atoms with Gasteiger partial charge in [0.2, 0.25) is 0 Å². The summed E-state index contributed by atoms with van der Waals surface area (Å²) >= 11 is 6.07. The van der Waals surface area contributed by atoms with E-state index in [0.29, 0.717) is 9.92 Å². The number of halogens is 1. The first kappa shape index (κ1) is 22.6. The summed E-state index contributed by atoms with van der Waals surface area (Å²) in [4.78, 5) is 4.77. The quantitative estimate of drug-likeness (QED) is 0.472. The summed E-state index contributed by atoms with van der Waals surface area (Å²) in [6.07, 6.45) is 2.87. The molecular weight excluding hydrogens is 444 g/mol. The van der Waals surface area contributed by atoms with Crippen molar-refractivity contribution in [3.8, 4) is 0 Å². The fourth-order valence-corrected chi connectivity index (χ4v) is 4.74. The van der Waals surface area contributed by atoms with Gasteiger partial charge >= 0.3 is 0 Å². The molecule has 1 aliphatic rings. The highest BCUT2D eigenvalue weighted by atomic mass is 35.5. The molecule has 4 rings (SSSR count). The molecule has 0 amide bonds. The van der Waals surface area contributed by atoms with Crippen LogP contribution in [-0.2, 0) is 9.84 Å². The van der Waals surface area contributed by atoms with Crippen LogP contribution in [0.3, 0.4) is 0 Å². The van der Waals surface area contributed by atoms with Gasteiger partial charge in [-0.05, 0) is 35.2 Å². The van der Waals surface area contributed by atoms with Crippen molar-refractivity contribution in [1.82, 2.24) is 10.3 Å². The van der Waals surface area contributed by atoms with Crippen LogP contribution in [0.25, 0.3) is 0 Å². The number of hydrogen-bond acceptors (Lipinski definition) is 6. The topological polar surface area (TPSA) is 83.1 Å². The molecule has 0 fully saturated rings. The molecule has 0 unspecified atom stereocenters. The molecule has 3 N–H and O–H groups in total. The summed E-state index contributed by atoms with van der Waals surface area (Å²) in [6, 6.07) is 19.5. The van der Waals surface area contributed by atoms with Crippen molar-refractivity contribution >= 4 is 32.9 Å². The lowest BCUT2D eigenvalue weighted by Crippen LogP contribution is -2.45. The van der Waals surface area contributed by atoms with Crippen molar-refractivity contribution in [3.63, 3.8) is 0 Å². The lowest BCUT2D eigenvalue weighted by atomic mass is 9.95. The van der Waals surface area contributed by atoms with Crippen LogP contribution in [0.5, 0.6) is 0 Å². The zero-order valence-electron chi connectivity index (χ0n) is 18.0. The Morgan fingerprint density at radius 2 is 1.84 bits per heavy atom. The lowest BCUT2D eigenvalue weighted by Gasteiger charge is -2.35. The van der Waals surface area contributed by atoms with Crippen LogP contribution in [0.2, 0.25) is 5.02 Å². The third-order valence-corrected chi connectivity index (χ3v) is 7.11. The van der Waals surface area contributed by atoms with Gasteiger partial charge in [0.15, 0.2) is 9.84 Å². The van der Waals surface area contributed by atoms with Crippen LogP contribution in [0.15, 0.2) is 71.8 Å². The number of rotatable bonds is 7. The number of sulfone groups is 1. The van der Waals surface area contributed by atoms with E-state index in [2.05, 4.69) is 40.0 Å². The number of nitrogens with zero attached hydrogens (tertiary/aromatic N) is 1. The Morgan fingerprint density at radius 3 is 2.53 bits per heavy atom. The zero-order chi connectivity index (χ0) is 22.7. The average Bonchev–Trinajstić information content (AvgIpc) is 2.79. The summed E-state index contributed by atoms with van der Waals surface area (Å²) in [7, 11) is -3.19. The molecule has 0 aliphatic carbocycles. The molecule has 32 heavy (non-hydrogen) atoms. The second-order valence-corrected chi connectivity index (χ2v) is 10.7. The fraction of sp³-hybridized carbons (Fsp3) is 0.292. The van der Waals surface area contributed by atoms with Crippen molar-refractivity contribution < 1.29 is 8.42 Å². The standard InChI is InChI=1S/C24H27ClN4O2S/c1-16(17-8-10-20(11-9-17)32(2,30)31)13-27-23(18-6-4-3-5-7-18)22-15-26-21-12-19(25)14-28-24(21)29-22/h3-12,14,16,22-23,26-27H,13,15H2,1-2H3,(H,28,29)/t16-,22+,23+/m0/s1. The summed E-state index contributed by atoms with van der Waals surface area (Å²) in [6.45, 7) is 3.59. The first-order chi connectivity index (χ1) is 15.3. The van der Waals surface area contributed by atoms with Crippen LogP contribution in [0.1, 0.15) is 30.0 Å². The van der Waals surface area contributed by atoms with E-state index in [9.17, 15) is 8.42 Å². The van der Waals surface area contributed by atoms with Crippen molar-refractivity contribution in [2.24, 2.45) is 0 Å². The van der Waals surface area contributed by atoms with E-state index >= 15 is 0 Å². The van der Waals surface area contributed by atoms with Gasteiger partial charge in [-0.25, -0.2) is 13.4 Å². The Balaban J connectivity index is 1.50. The lowest BCUT2D eigenvalue weighted by molar-refractivity contribution is 0.453. The molecule has 1 aromatic heterocycles. The maximum Gasteiger partial charge on any atom is 0.175 e. The Labute approximate surface area is 194 Å². The molecule has 6 nitrogen and oxygen atoms in total. The summed E-state index contributed by atoms with van der Waals surface area (Å²) < 4.78 is 23.5. The molecule has 3 aromatic rings. The summed E-state index contributed by atoms with van der Waals surface area (Å²) in [5.74, 6) is 0.994. The number of anilines is 2. The predicted molar refractivity (Wildman–Crippen MR) is 130 cm³/mol. The van der Waals surface area contributed by atoms with Gasteiger partial charge in [0.05, 0.1) is 27.7 Å². The smallest absolute Gasteiger partial charge is 0.175 e. The van der Waals surface area contributed by atoms with Crippen LogP contribution in [0, 0.1) is 0 Å². The van der Waals surface area contributed by atoms with Gasteiger partial charge in [-0.2, -0.15) is 0 Å². The summed E-state index contributed by atoms with van der Waals surface area (Å²) in [5, 5.41) is 11.3. The minimum Gasteiger partial charge on any atom is -0.380 e. The van der Waals surface area contributed by atoms with Gasteiger partial charge in [0, 0.05) is 25.5 Å². The van der Waals surface area contributed by atoms with Gasteiger partial charge in [-0.15, -0.1) is 0 Å². The predicted octanol–water partition coefficient (Wildman–Crippen LogP) is 4.48. The zero-order valence-corrected chi connectivity index (χ0v) is 19.6. The number of nitrogens with one attached hydrogen (secondary N) is 3. The van der Waals surface area contributed by atoms with Gasteiger partial charge in [0.25, 0.3) is 0 Å². The molecule has 0 spiro atoms. The van der Waals surface area contributed by atoms with Crippen LogP contribution < -0.4 is 16.0 Å². The highest BCUT2D eigenvalue weighted by molar-refractivity contribution is 7.90. The minimum absolute atomic E-state index is 0.0482. The number of hydrogen-bond donors (Lipinski definition) is 3. The molecule has 0 bridgehead atoms. The molecule has 3 atom stereocenters. The molecular formula is C24H27ClN4O2S. The first-order valence-corrected chi connectivity index (χ1v) is 12.8. The maximum absolute atomic E-state index is 11.7. The second-order valence-electron chi connectivity index (χ2n) is 8.22. The Bertz CT molecular complexity index is 1170. The highest BCUT2D eigenvalue weighted by Crippen LogP contribution is 2.31. The summed E-state index contributed by atoms with van der Waals surface area (Å²) in [5.41, 5.74) is 3.18. The Morgan fingerprint density at radius 1 is 1.12 bits per heavy atom. The van der Waals surface area contributed by atoms with E-state index in [1.807, 2.05) is 36.4 Å². The van der Waals surface area contributed by atoms with Gasteiger partial charge in [0.1, 0.15) is 5.82 Å². The normalized spacial score (nSPS) is 17.5. The second kappa shape index (κ2) is 9.48. The highest BCUT2D eigenvalue weighted by Gasteiger charge is 2.28. The van der Waals surface area contributed by atoms with Gasteiger partial charge in [-0.3, -0.25) is 0 Å². The monoisotopic (exact) mass is 470 g/mol. The molecule has 0 radical (unpaired) electrons. The van der Waals surface area contributed by atoms with Crippen molar-refractivity contribution in [1.29, 1.82) is 0 Å².